The topological polar surface area (TPSA) is 60.7 Å². The first-order valence-electron chi connectivity index (χ1n) is 12.5. The molecule has 0 amide bonds. The molecule has 2 rings (SSSR count). The van der Waals surface area contributed by atoms with E-state index >= 15 is 0 Å². The number of hydrogen-bond acceptors (Lipinski definition) is 3. The van der Waals surface area contributed by atoms with Gasteiger partial charge in [-0.2, -0.15) is 0 Å². The summed E-state index contributed by atoms with van der Waals surface area (Å²) in [4.78, 5) is 0. The lowest BCUT2D eigenvalue weighted by Gasteiger charge is -2.04. The van der Waals surface area contributed by atoms with Gasteiger partial charge in [-0.3, -0.25) is 0 Å². The van der Waals surface area contributed by atoms with Crippen molar-refractivity contribution in [2.45, 2.75) is 67.2 Å². The quantitative estimate of drug-likeness (QED) is 0.299. The van der Waals surface area contributed by atoms with E-state index in [-0.39, 0.29) is 11.5 Å². The molecule has 2 unspecified atom stereocenters. The molecular formula is C32H44O3. The van der Waals surface area contributed by atoms with E-state index in [4.69, 9.17) is 0 Å². The lowest BCUT2D eigenvalue weighted by molar-refractivity contribution is 0.449. The Labute approximate surface area is 212 Å². The molecule has 0 radical (unpaired) electrons. The van der Waals surface area contributed by atoms with Gasteiger partial charge in [-0.05, 0) is 83.4 Å². The van der Waals surface area contributed by atoms with Crippen molar-refractivity contribution in [2.75, 3.05) is 0 Å². The van der Waals surface area contributed by atoms with Crippen molar-refractivity contribution in [3.63, 3.8) is 0 Å². The van der Waals surface area contributed by atoms with Crippen LogP contribution in [0.25, 0.3) is 12.2 Å². The Morgan fingerprint density at radius 1 is 0.686 bits per heavy atom. The summed E-state index contributed by atoms with van der Waals surface area (Å²) < 4.78 is 0. The lowest BCUT2D eigenvalue weighted by atomic mass is 10.0. The molecule has 0 saturated carbocycles. The zero-order chi connectivity index (χ0) is 26.2. The van der Waals surface area contributed by atoms with E-state index < -0.39 is 0 Å². The van der Waals surface area contributed by atoms with Gasteiger partial charge in [0, 0.05) is 17.2 Å². The minimum atomic E-state index is 0.0845. The number of phenolic OH excluding ortho intramolecular Hbond substituents is 3. The first-order chi connectivity index (χ1) is 16.6. The molecule has 2 aromatic rings. The van der Waals surface area contributed by atoms with E-state index in [1.165, 1.54) is 17.2 Å². The van der Waals surface area contributed by atoms with Gasteiger partial charge in [0.15, 0.2) is 0 Å². The number of hydrogen-bond donors (Lipinski definition) is 3. The van der Waals surface area contributed by atoms with Crippen molar-refractivity contribution in [3.8, 4) is 17.2 Å². The van der Waals surface area contributed by atoms with Crippen LogP contribution in [0, 0.1) is 11.8 Å². The third kappa shape index (κ3) is 13.9. The molecule has 190 valence electrons. The molecule has 3 heteroatoms. The summed E-state index contributed by atoms with van der Waals surface area (Å²) in [7, 11) is 0. The summed E-state index contributed by atoms with van der Waals surface area (Å²) in [6, 6.07) is 12.1. The summed E-state index contributed by atoms with van der Waals surface area (Å²) in [6.45, 7) is 12.8. The molecule has 0 fully saturated rings. The SMILES string of the molecule is CC(C)=CCCC(C)/C=C/c1ccc(O)cc1O.CC(C)=CCCC(C)/C=C/c1ccccc1O. The molecule has 0 saturated heterocycles. The highest BCUT2D eigenvalue weighted by Crippen LogP contribution is 2.24. The van der Waals surface area contributed by atoms with Crippen molar-refractivity contribution in [1.29, 1.82) is 0 Å². The second-order valence-corrected chi connectivity index (χ2v) is 9.69. The Morgan fingerprint density at radius 2 is 1.17 bits per heavy atom. The van der Waals surface area contributed by atoms with Gasteiger partial charge in [0.1, 0.15) is 17.2 Å². The van der Waals surface area contributed by atoms with Crippen LogP contribution in [0.2, 0.25) is 0 Å². The average Bonchev–Trinajstić information content (AvgIpc) is 2.78. The zero-order valence-electron chi connectivity index (χ0n) is 22.3. The molecule has 0 aromatic heterocycles. The Hall–Kier alpha value is -3.20. The summed E-state index contributed by atoms with van der Waals surface area (Å²) in [6.07, 6.45) is 17.1. The monoisotopic (exact) mass is 476 g/mol. The van der Waals surface area contributed by atoms with E-state index in [0.717, 1.165) is 36.8 Å². The highest BCUT2D eigenvalue weighted by atomic mass is 16.3. The summed E-state index contributed by atoms with van der Waals surface area (Å²) in [5, 5.41) is 28.4. The summed E-state index contributed by atoms with van der Waals surface area (Å²) in [5.74, 6) is 1.54. The number of para-hydroxylation sites is 1. The van der Waals surface area contributed by atoms with Gasteiger partial charge in [-0.25, -0.2) is 0 Å². The fourth-order valence-corrected chi connectivity index (χ4v) is 3.30. The van der Waals surface area contributed by atoms with E-state index in [1.807, 2.05) is 30.4 Å². The first-order valence-corrected chi connectivity index (χ1v) is 12.5. The van der Waals surface area contributed by atoms with Crippen LogP contribution in [0.1, 0.15) is 78.4 Å². The standard InChI is InChI=1S/C16H22O2.C16H22O/c1-12(2)5-4-6-13(3)7-8-14-9-10-15(17)11-16(14)18;1-13(2)7-6-8-14(3)11-12-15-9-4-5-10-16(15)17/h5,7-11,13,17-18H,4,6H2,1-3H3;4-5,7,9-12,14,17H,6,8H2,1-3H3/b8-7+;12-11+. The van der Waals surface area contributed by atoms with Crippen LogP contribution in [-0.4, -0.2) is 15.3 Å². The highest BCUT2D eigenvalue weighted by Gasteiger charge is 2.01. The lowest BCUT2D eigenvalue weighted by Crippen LogP contribution is -1.88. The molecule has 0 aliphatic rings. The van der Waals surface area contributed by atoms with Crippen LogP contribution in [0.4, 0.5) is 0 Å². The van der Waals surface area contributed by atoms with Gasteiger partial charge in [0.05, 0.1) is 0 Å². The minimum Gasteiger partial charge on any atom is -0.508 e. The smallest absolute Gasteiger partial charge is 0.126 e. The van der Waals surface area contributed by atoms with Gasteiger partial charge < -0.3 is 15.3 Å². The molecular weight excluding hydrogens is 432 g/mol. The Bertz CT molecular complexity index is 1000. The maximum atomic E-state index is 9.63. The predicted molar refractivity (Wildman–Crippen MR) is 152 cm³/mol. The molecule has 0 aliphatic carbocycles. The van der Waals surface area contributed by atoms with Crippen LogP contribution in [-0.2, 0) is 0 Å². The largest absolute Gasteiger partial charge is 0.508 e. The van der Waals surface area contributed by atoms with Crippen LogP contribution in [0.3, 0.4) is 0 Å². The van der Waals surface area contributed by atoms with E-state index in [1.54, 1.807) is 18.2 Å². The number of rotatable bonds is 10. The fourth-order valence-electron chi connectivity index (χ4n) is 3.30. The van der Waals surface area contributed by atoms with E-state index in [0.29, 0.717) is 17.6 Å². The molecule has 35 heavy (non-hydrogen) atoms. The van der Waals surface area contributed by atoms with E-state index in [2.05, 4.69) is 65.8 Å². The third-order valence-corrected chi connectivity index (χ3v) is 5.51. The van der Waals surface area contributed by atoms with Gasteiger partial charge in [0.25, 0.3) is 0 Å². The van der Waals surface area contributed by atoms with Crippen molar-refractivity contribution in [2.24, 2.45) is 11.8 Å². The Kier molecular flexibility index (Phi) is 14.0. The average molecular weight is 477 g/mol. The minimum absolute atomic E-state index is 0.0845. The molecule has 2 aromatic carbocycles. The normalized spacial score (nSPS) is 12.6. The third-order valence-electron chi connectivity index (χ3n) is 5.51. The fraction of sp³-hybridized carbons (Fsp3) is 0.375. The van der Waals surface area contributed by atoms with Gasteiger partial charge in [-0.1, -0.05) is 79.6 Å². The summed E-state index contributed by atoms with van der Waals surface area (Å²) >= 11 is 0. The molecule has 0 bridgehead atoms. The molecule has 2 atom stereocenters. The maximum absolute atomic E-state index is 9.63. The van der Waals surface area contributed by atoms with E-state index in [9.17, 15) is 15.3 Å². The number of phenols is 3. The first kappa shape index (κ1) is 29.8. The second kappa shape index (κ2) is 16.4. The molecule has 0 heterocycles. The Balaban J connectivity index is 0.000000351. The zero-order valence-corrected chi connectivity index (χ0v) is 22.3. The second-order valence-electron chi connectivity index (χ2n) is 9.69. The van der Waals surface area contributed by atoms with Crippen LogP contribution < -0.4 is 0 Å². The molecule has 0 aliphatic heterocycles. The predicted octanol–water partition coefficient (Wildman–Crippen LogP) is 9.28. The van der Waals surface area contributed by atoms with Crippen molar-refractivity contribution >= 4 is 12.2 Å². The molecule has 3 nitrogen and oxygen atoms in total. The molecule has 3 N–H and O–H groups in total. The van der Waals surface area contributed by atoms with Crippen molar-refractivity contribution in [1.82, 2.24) is 0 Å². The van der Waals surface area contributed by atoms with Gasteiger partial charge in [0.2, 0.25) is 0 Å². The number of benzene rings is 2. The van der Waals surface area contributed by atoms with Crippen LogP contribution in [0.5, 0.6) is 17.2 Å². The number of aromatic hydroxyl groups is 3. The highest BCUT2D eigenvalue weighted by molar-refractivity contribution is 5.58. The van der Waals surface area contributed by atoms with Crippen LogP contribution in [0.15, 0.2) is 77.9 Å². The maximum Gasteiger partial charge on any atom is 0.126 e. The van der Waals surface area contributed by atoms with Gasteiger partial charge in [-0.15, -0.1) is 0 Å². The molecule has 0 spiro atoms. The van der Waals surface area contributed by atoms with Crippen molar-refractivity contribution in [3.05, 3.63) is 89.0 Å². The number of allylic oxidation sites excluding steroid dienone is 6. The van der Waals surface area contributed by atoms with Gasteiger partial charge >= 0.3 is 0 Å². The van der Waals surface area contributed by atoms with Crippen LogP contribution >= 0.6 is 0 Å². The Morgan fingerprint density at radius 3 is 1.63 bits per heavy atom. The summed E-state index contributed by atoms with van der Waals surface area (Å²) in [5.41, 5.74) is 4.35. The van der Waals surface area contributed by atoms with Crippen molar-refractivity contribution < 1.29 is 15.3 Å².